The third-order valence-corrected chi connectivity index (χ3v) is 2.45. The first-order valence-electron chi connectivity index (χ1n) is 5.64. The largest absolute Gasteiger partial charge is 0.493 e. The van der Waals surface area contributed by atoms with E-state index in [1.807, 2.05) is 14.0 Å². The van der Waals surface area contributed by atoms with Gasteiger partial charge in [0.25, 0.3) is 0 Å². The van der Waals surface area contributed by atoms with Crippen molar-refractivity contribution >= 4 is 0 Å². The van der Waals surface area contributed by atoms with Gasteiger partial charge in [-0.3, -0.25) is 0 Å². The van der Waals surface area contributed by atoms with Crippen molar-refractivity contribution in [1.29, 1.82) is 0 Å². The summed E-state index contributed by atoms with van der Waals surface area (Å²) < 4.78 is 18.8. The zero-order valence-corrected chi connectivity index (χ0v) is 10.4. The lowest BCUT2D eigenvalue weighted by atomic mass is 10.1. The molecule has 0 fully saturated rings. The lowest BCUT2D eigenvalue weighted by Gasteiger charge is -2.17. The van der Waals surface area contributed by atoms with Crippen molar-refractivity contribution in [2.24, 2.45) is 5.92 Å². The standard InChI is InChI=1S/C13H20FNO/c1-9(2)8-16-13-7-11(14)5-6-12(13)10(3)15-4/h5-7,9-10,15H,8H2,1-4H3. The van der Waals surface area contributed by atoms with E-state index in [1.165, 1.54) is 12.1 Å². The van der Waals surface area contributed by atoms with Gasteiger partial charge in [-0.25, -0.2) is 4.39 Å². The van der Waals surface area contributed by atoms with Crippen molar-refractivity contribution < 1.29 is 9.13 Å². The second kappa shape index (κ2) is 5.85. The molecular weight excluding hydrogens is 205 g/mol. The summed E-state index contributed by atoms with van der Waals surface area (Å²) in [5.74, 6) is 0.808. The van der Waals surface area contributed by atoms with Crippen molar-refractivity contribution in [1.82, 2.24) is 5.32 Å². The maximum Gasteiger partial charge on any atom is 0.126 e. The monoisotopic (exact) mass is 225 g/mol. The zero-order chi connectivity index (χ0) is 12.1. The van der Waals surface area contributed by atoms with Gasteiger partial charge in [-0.1, -0.05) is 19.9 Å². The number of hydrogen-bond acceptors (Lipinski definition) is 2. The van der Waals surface area contributed by atoms with Crippen LogP contribution in [0.1, 0.15) is 32.4 Å². The number of nitrogens with one attached hydrogen (secondary N) is 1. The first-order valence-corrected chi connectivity index (χ1v) is 5.64. The van der Waals surface area contributed by atoms with Gasteiger partial charge in [0.1, 0.15) is 11.6 Å². The smallest absolute Gasteiger partial charge is 0.126 e. The fourth-order valence-corrected chi connectivity index (χ4v) is 1.40. The maximum atomic E-state index is 13.1. The second-order valence-electron chi connectivity index (χ2n) is 4.40. The van der Waals surface area contributed by atoms with Gasteiger partial charge >= 0.3 is 0 Å². The fourth-order valence-electron chi connectivity index (χ4n) is 1.40. The molecular formula is C13H20FNO. The van der Waals surface area contributed by atoms with E-state index in [-0.39, 0.29) is 11.9 Å². The molecule has 1 aromatic carbocycles. The lowest BCUT2D eigenvalue weighted by molar-refractivity contribution is 0.265. The number of ether oxygens (including phenoxy) is 1. The molecule has 0 bridgehead atoms. The highest BCUT2D eigenvalue weighted by Gasteiger charge is 2.11. The zero-order valence-electron chi connectivity index (χ0n) is 10.4. The van der Waals surface area contributed by atoms with Gasteiger partial charge in [-0.2, -0.15) is 0 Å². The van der Waals surface area contributed by atoms with Crippen molar-refractivity contribution in [3.63, 3.8) is 0 Å². The fraction of sp³-hybridized carbons (Fsp3) is 0.538. The van der Waals surface area contributed by atoms with Gasteiger partial charge in [-0.15, -0.1) is 0 Å². The van der Waals surface area contributed by atoms with Crippen LogP contribution in [0, 0.1) is 11.7 Å². The highest BCUT2D eigenvalue weighted by molar-refractivity contribution is 5.36. The van der Waals surface area contributed by atoms with E-state index in [4.69, 9.17) is 4.74 Å². The van der Waals surface area contributed by atoms with Crippen molar-refractivity contribution in [2.45, 2.75) is 26.8 Å². The van der Waals surface area contributed by atoms with E-state index in [2.05, 4.69) is 19.2 Å². The molecule has 0 aliphatic rings. The van der Waals surface area contributed by atoms with Gasteiger partial charge in [0.2, 0.25) is 0 Å². The lowest BCUT2D eigenvalue weighted by Crippen LogP contribution is -2.15. The molecule has 1 N–H and O–H groups in total. The Kier molecular flexibility index (Phi) is 4.74. The number of rotatable bonds is 5. The molecule has 0 aliphatic heterocycles. The minimum absolute atomic E-state index is 0.155. The van der Waals surface area contributed by atoms with E-state index in [0.29, 0.717) is 18.3 Å². The Morgan fingerprint density at radius 2 is 2.00 bits per heavy atom. The Hall–Kier alpha value is -1.09. The van der Waals surface area contributed by atoms with Crippen molar-refractivity contribution in [3.05, 3.63) is 29.6 Å². The molecule has 16 heavy (non-hydrogen) atoms. The molecule has 1 aromatic rings. The highest BCUT2D eigenvalue weighted by atomic mass is 19.1. The number of halogens is 1. The van der Waals surface area contributed by atoms with Crippen LogP contribution >= 0.6 is 0 Å². The van der Waals surface area contributed by atoms with Crippen LogP contribution in [0.2, 0.25) is 0 Å². The first-order chi connectivity index (χ1) is 7.54. The SMILES string of the molecule is CNC(C)c1ccc(F)cc1OCC(C)C. The molecule has 0 spiro atoms. The van der Waals surface area contributed by atoms with Gasteiger partial charge in [-0.05, 0) is 26.0 Å². The third kappa shape index (κ3) is 3.49. The van der Waals surface area contributed by atoms with Crippen LogP contribution < -0.4 is 10.1 Å². The highest BCUT2D eigenvalue weighted by Crippen LogP contribution is 2.26. The molecule has 1 atom stereocenters. The summed E-state index contributed by atoms with van der Waals surface area (Å²) in [6.07, 6.45) is 0. The molecule has 90 valence electrons. The normalized spacial score (nSPS) is 12.9. The predicted molar refractivity (Wildman–Crippen MR) is 64.2 cm³/mol. The van der Waals surface area contributed by atoms with E-state index in [1.54, 1.807) is 6.07 Å². The van der Waals surface area contributed by atoms with Gasteiger partial charge in [0.15, 0.2) is 0 Å². The van der Waals surface area contributed by atoms with Crippen LogP contribution in [0.15, 0.2) is 18.2 Å². The quantitative estimate of drug-likeness (QED) is 0.831. The summed E-state index contributed by atoms with van der Waals surface area (Å²) in [5.41, 5.74) is 0.990. The van der Waals surface area contributed by atoms with Gasteiger partial charge < -0.3 is 10.1 Å². The van der Waals surface area contributed by atoms with Crippen LogP contribution in [0.3, 0.4) is 0 Å². The molecule has 2 nitrogen and oxygen atoms in total. The maximum absolute atomic E-state index is 13.1. The van der Waals surface area contributed by atoms with Crippen LogP contribution in [0.4, 0.5) is 4.39 Å². The van der Waals surface area contributed by atoms with E-state index in [0.717, 1.165) is 5.56 Å². The molecule has 0 saturated heterocycles. The van der Waals surface area contributed by atoms with Gasteiger partial charge in [0, 0.05) is 17.7 Å². The van der Waals surface area contributed by atoms with E-state index in [9.17, 15) is 4.39 Å². The first kappa shape index (κ1) is 13.0. The van der Waals surface area contributed by atoms with Crippen LogP contribution in [-0.2, 0) is 0 Å². The molecule has 0 heterocycles. The number of hydrogen-bond donors (Lipinski definition) is 1. The third-order valence-electron chi connectivity index (χ3n) is 2.45. The van der Waals surface area contributed by atoms with Crippen molar-refractivity contribution in [3.8, 4) is 5.75 Å². The summed E-state index contributed by atoms with van der Waals surface area (Å²) in [5, 5.41) is 3.13. The number of benzene rings is 1. The molecule has 0 aliphatic carbocycles. The Balaban J connectivity index is 2.89. The van der Waals surface area contributed by atoms with Crippen LogP contribution in [-0.4, -0.2) is 13.7 Å². The Morgan fingerprint density at radius 3 is 2.56 bits per heavy atom. The Labute approximate surface area is 96.8 Å². The molecule has 1 unspecified atom stereocenters. The summed E-state index contributed by atoms with van der Waals surface area (Å²) in [6.45, 7) is 6.77. The second-order valence-corrected chi connectivity index (χ2v) is 4.40. The average molecular weight is 225 g/mol. The van der Waals surface area contributed by atoms with Crippen LogP contribution in [0.5, 0.6) is 5.75 Å². The Bertz CT molecular complexity index is 339. The summed E-state index contributed by atoms with van der Waals surface area (Å²) in [6, 6.07) is 4.84. The minimum atomic E-state index is -0.259. The summed E-state index contributed by atoms with van der Waals surface area (Å²) >= 11 is 0. The topological polar surface area (TPSA) is 21.3 Å². The van der Waals surface area contributed by atoms with Crippen LogP contribution in [0.25, 0.3) is 0 Å². The predicted octanol–water partition coefficient (Wildman–Crippen LogP) is 3.14. The van der Waals surface area contributed by atoms with E-state index >= 15 is 0 Å². The molecule has 3 heteroatoms. The molecule has 1 rings (SSSR count). The average Bonchev–Trinajstić information content (AvgIpc) is 2.25. The minimum Gasteiger partial charge on any atom is -0.493 e. The molecule has 0 saturated carbocycles. The van der Waals surface area contributed by atoms with Gasteiger partial charge in [0.05, 0.1) is 6.61 Å². The molecule has 0 radical (unpaired) electrons. The Morgan fingerprint density at radius 1 is 1.31 bits per heavy atom. The summed E-state index contributed by atoms with van der Waals surface area (Å²) in [7, 11) is 1.88. The van der Waals surface area contributed by atoms with E-state index < -0.39 is 0 Å². The summed E-state index contributed by atoms with van der Waals surface area (Å²) in [4.78, 5) is 0. The molecule has 0 amide bonds. The molecule has 0 aromatic heterocycles. The van der Waals surface area contributed by atoms with Crippen molar-refractivity contribution in [2.75, 3.05) is 13.7 Å².